The van der Waals surface area contributed by atoms with Crippen LogP contribution in [0.1, 0.15) is 26.2 Å². The summed E-state index contributed by atoms with van der Waals surface area (Å²) in [6.07, 6.45) is 6.96. The molecule has 3 heterocycles. The van der Waals surface area contributed by atoms with Crippen LogP contribution in [0.4, 0.5) is 0 Å². The molecule has 7 nitrogen and oxygen atoms in total. The Morgan fingerprint density at radius 2 is 2.27 bits per heavy atom. The molecule has 0 aliphatic carbocycles. The van der Waals surface area contributed by atoms with Gasteiger partial charge in [0.05, 0.1) is 25.8 Å². The molecule has 7 heteroatoms. The molecule has 2 aliphatic heterocycles. The minimum Gasteiger partial charge on any atom is -0.375 e. The fourth-order valence-corrected chi connectivity index (χ4v) is 3.34. The van der Waals surface area contributed by atoms with Crippen molar-refractivity contribution in [1.29, 1.82) is 0 Å². The fraction of sp³-hybridized carbons (Fsp3) is 0.800. The van der Waals surface area contributed by atoms with E-state index in [2.05, 4.69) is 15.0 Å². The summed E-state index contributed by atoms with van der Waals surface area (Å²) in [5, 5.41) is 4.19. The summed E-state index contributed by atoms with van der Waals surface area (Å²) in [4.78, 5) is 20.8. The average molecular weight is 307 g/mol. The summed E-state index contributed by atoms with van der Waals surface area (Å²) in [6, 6.07) is 0.373. The van der Waals surface area contributed by atoms with Gasteiger partial charge in [-0.2, -0.15) is 5.10 Å². The molecule has 1 amide bonds. The number of nitrogens with zero attached hydrogens (tertiary/aromatic N) is 5. The maximum atomic E-state index is 12.6. The molecule has 2 fully saturated rings. The number of hydrogen-bond acceptors (Lipinski definition) is 5. The normalized spacial score (nSPS) is 27.0. The van der Waals surface area contributed by atoms with Gasteiger partial charge >= 0.3 is 0 Å². The number of aromatic nitrogens is 3. The Morgan fingerprint density at radius 1 is 1.36 bits per heavy atom. The van der Waals surface area contributed by atoms with E-state index in [1.54, 1.807) is 12.7 Å². The van der Waals surface area contributed by atoms with Crippen LogP contribution in [0.5, 0.6) is 0 Å². The van der Waals surface area contributed by atoms with E-state index in [9.17, 15) is 4.79 Å². The number of carbonyl (C=O) groups excluding carboxylic acids is 1. The first-order valence-electron chi connectivity index (χ1n) is 8.18. The maximum Gasteiger partial charge on any atom is 0.236 e. The molecule has 1 aromatic heterocycles. The maximum absolute atomic E-state index is 12.6. The highest BCUT2D eigenvalue weighted by molar-refractivity contribution is 5.78. The summed E-state index contributed by atoms with van der Waals surface area (Å²) in [5.41, 5.74) is 0. The van der Waals surface area contributed by atoms with Crippen molar-refractivity contribution >= 4 is 5.91 Å². The van der Waals surface area contributed by atoms with Gasteiger partial charge in [-0.1, -0.05) is 6.42 Å². The van der Waals surface area contributed by atoms with Crippen molar-refractivity contribution in [3.05, 3.63) is 12.7 Å². The van der Waals surface area contributed by atoms with Gasteiger partial charge in [0.15, 0.2) is 0 Å². The van der Waals surface area contributed by atoms with Crippen LogP contribution in [0.25, 0.3) is 0 Å². The molecule has 0 unspecified atom stereocenters. The minimum absolute atomic E-state index is 0.144. The second-order valence-corrected chi connectivity index (χ2v) is 6.26. The Morgan fingerprint density at radius 3 is 3.05 bits per heavy atom. The van der Waals surface area contributed by atoms with E-state index in [1.165, 1.54) is 12.8 Å². The van der Waals surface area contributed by atoms with E-state index >= 15 is 0 Å². The Hall–Kier alpha value is -1.47. The summed E-state index contributed by atoms with van der Waals surface area (Å²) >= 11 is 0. The van der Waals surface area contributed by atoms with Gasteiger partial charge in [0, 0.05) is 19.1 Å². The lowest BCUT2D eigenvalue weighted by Gasteiger charge is -2.37. The number of rotatable bonds is 4. The summed E-state index contributed by atoms with van der Waals surface area (Å²) in [7, 11) is 0. The van der Waals surface area contributed by atoms with Crippen LogP contribution in [0.15, 0.2) is 12.7 Å². The van der Waals surface area contributed by atoms with Crippen LogP contribution in [-0.2, 0) is 16.1 Å². The smallest absolute Gasteiger partial charge is 0.236 e. The molecule has 122 valence electrons. The average Bonchev–Trinajstić information content (AvgIpc) is 3.02. The van der Waals surface area contributed by atoms with Gasteiger partial charge in [-0.3, -0.25) is 14.4 Å². The third kappa shape index (κ3) is 3.84. The van der Waals surface area contributed by atoms with Crippen LogP contribution in [0, 0.1) is 0 Å². The highest BCUT2D eigenvalue weighted by atomic mass is 16.5. The predicted molar refractivity (Wildman–Crippen MR) is 81.2 cm³/mol. The van der Waals surface area contributed by atoms with Gasteiger partial charge in [0.25, 0.3) is 0 Å². The number of morpholine rings is 1. The van der Waals surface area contributed by atoms with Gasteiger partial charge < -0.3 is 9.64 Å². The number of likely N-dealkylation sites (tertiary alicyclic amines) is 1. The highest BCUT2D eigenvalue weighted by Crippen LogP contribution is 2.18. The van der Waals surface area contributed by atoms with Crippen LogP contribution in [0.2, 0.25) is 0 Å². The Labute approximate surface area is 131 Å². The number of ether oxygens (including phenoxy) is 1. The molecule has 0 radical (unpaired) electrons. The SMILES string of the molecule is C[C@@H]1CN(C(=O)CN2CCCC[C@@H]2Cn2cncn2)CCO1. The van der Waals surface area contributed by atoms with Crippen molar-refractivity contribution in [1.82, 2.24) is 24.6 Å². The molecular weight excluding hydrogens is 282 g/mol. The zero-order valence-corrected chi connectivity index (χ0v) is 13.2. The van der Waals surface area contributed by atoms with Crippen LogP contribution < -0.4 is 0 Å². The van der Waals surface area contributed by atoms with E-state index in [1.807, 2.05) is 16.5 Å². The molecule has 0 N–H and O–H groups in total. The Bertz CT molecular complexity index is 478. The largest absolute Gasteiger partial charge is 0.375 e. The molecule has 0 spiro atoms. The lowest BCUT2D eigenvalue weighted by atomic mass is 10.0. The van der Waals surface area contributed by atoms with Gasteiger partial charge in [-0.05, 0) is 26.3 Å². The summed E-state index contributed by atoms with van der Waals surface area (Å²) in [5.74, 6) is 0.223. The molecule has 1 aromatic rings. The zero-order valence-electron chi connectivity index (χ0n) is 13.2. The van der Waals surface area contributed by atoms with Crippen LogP contribution >= 0.6 is 0 Å². The topological polar surface area (TPSA) is 63.5 Å². The fourth-order valence-electron chi connectivity index (χ4n) is 3.34. The van der Waals surface area contributed by atoms with Crippen molar-refractivity contribution in [2.75, 3.05) is 32.8 Å². The second-order valence-electron chi connectivity index (χ2n) is 6.26. The third-order valence-corrected chi connectivity index (χ3v) is 4.55. The van der Waals surface area contributed by atoms with E-state index in [4.69, 9.17) is 4.74 Å². The first-order chi connectivity index (χ1) is 10.7. The van der Waals surface area contributed by atoms with E-state index in [0.29, 0.717) is 32.3 Å². The standard InChI is InChI=1S/C15H25N5O2/c1-13-8-19(6-7-22-13)15(21)10-18-5-3-2-4-14(18)9-20-12-16-11-17-20/h11-14H,2-10H2,1H3/t13-,14-/m1/s1. The lowest BCUT2D eigenvalue weighted by molar-refractivity contribution is -0.140. The predicted octanol–water partition coefficient (Wildman–Crippen LogP) is 0.380. The summed E-state index contributed by atoms with van der Waals surface area (Å²) in [6.45, 7) is 6.40. The Balaban J connectivity index is 1.57. The highest BCUT2D eigenvalue weighted by Gasteiger charge is 2.28. The van der Waals surface area contributed by atoms with Crippen molar-refractivity contribution < 1.29 is 9.53 Å². The van der Waals surface area contributed by atoms with Crippen molar-refractivity contribution in [2.24, 2.45) is 0 Å². The summed E-state index contributed by atoms with van der Waals surface area (Å²) < 4.78 is 7.38. The lowest BCUT2D eigenvalue weighted by Crippen LogP contribution is -2.51. The molecule has 0 aromatic carbocycles. The quantitative estimate of drug-likeness (QED) is 0.805. The van der Waals surface area contributed by atoms with E-state index in [0.717, 1.165) is 19.5 Å². The molecule has 0 saturated carbocycles. The Kier molecular flexibility index (Phi) is 5.04. The third-order valence-electron chi connectivity index (χ3n) is 4.55. The van der Waals surface area contributed by atoms with Gasteiger partial charge in [0.2, 0.25) is 5.91 Å². The van der Waals surface area contributed by atoms with Crippen molar-refractivity contribution in [3.8, 4) is 0 Å². The number of carbonyl (C=O) groups is 1. The van der Waals surface area contributed by atoms with Crippen LogP contribution in [-0.4, -0.2) is 75.4 Å². The minimum atomic E-state index is 0.144. The molecule has 0 bridgehead atoms. The van der Waals surface area contributed by atoms with Gasteiger partial charge in [0.1, 0.15) is 12.7 Å². The zero-order chi connectivity index (χ0) is 15.4. The first kappa shape index (κ1) is 15.4. The van der Waals surface area contributed by atoms with Gasteiger partial charge in [-0.15, -0.1) is 0 Å². The van der Waals surface area contributed by atoms with E-state index < -0.39 is 0 Å². The van der Waals surface area contributed by atoms with E-state index in [-0.39, 0.29) is 12.0 Å². The first-order valence-corrected chi connectivity index (χ1v) is 8.18. The van der Waals surface area contributed by atoms with Crippen LogP contribution in [0.3, 0.4) is 0 Å². The monoisotopic (exact) mass is 307 g/mol. The van der Waals surface area contributed by atoms with Crippen molar-refractivity contribution in [3.63, 3.8) is 0 Å². The number of amides is 1. The molecule has 2 atom stereocenters. The number of hydrogen-bond donors (Lipinski definition) is 0. The molecular formula is C15H25N5O2. The second kappa shape index (κ2) is 7.19. The molecule has 2 saturated heterocycles. The molecule has 2 aliphatic rings. The number of piperidine rings is 1. The van der Waals surface area contributed by atoms with Gasteiger partial charge in [-0.25, -0.2) is 4.98 Å². The van der Waals surface area contributed by atoms with Crippen molar-refractivity contribution in [2.45, 2.75) is 44.9 Å². The molecule has 3 rings (SSSR count). The molecule has 22 heavy (non-hydrogen) atoms.